The second kappa shape index (κ2) is 8.59. The van der Waals surface area contributed by atoms with Crippen molar-refractivity contribution in [1.82, 2.24) is 20.0 Å². The number of aromatic nitrogens is 3. The number of hydrogen-bond donors (Lipinski definition) is 0. The van der Waals surface area contributed by atoms with Crippen LogP contribution in [0.3, 0.4) is 0 Å². The monoisotopic (exact) mass is 414 g/mol. The van der Waals surface area contributed by atoms with Gasteiger partial charge in [-0.1, -0.05) is 16.8 Å². The van der Waals surface area contributed by atoms with E-state index in [1.165, 1.54) is 0 Å². The van der Waals surface area contributed by atoms with Gasteiger partial charge in [-0.05, 0) is 42.8 Å². The molecule has 0 N–H and O–H groups in total. The van der Waals surface area contributed by atoms with Crippen molar-refractivity contribution in [3.8, 4) is 17.1 Å². The summed E-state index contributed by atoms with van der Waals surface area (Å²) >= 11 is 6.01. The van der Waals surface area contributed by atoms with Gasteiger partial charge in [0.2, 0.25) is 5.82 Å². The summed E-state index contributed by atoms with van der Waals surface area (Å²) in [7, 11) is 0. The van der Waals surface area contributed by atoms with Crippen molar-refractivity contribution in [2.24, 2.45) is 0 Å². The summed E-state index contributed by atoms with van der Waals surface area (Å²) < 4.78 is 16.7. The van der Waals surface area contributed by atoms with E-state index in [0.717, 1.165) is 11.1 Å². The molecule has 1 fully saturated rings. The standard InChI is InChI=1S/C20H19ClN4O4/c1-13-10-15(2-3-16(13)21)28-12-18(26)25-8-9-27-17(11-25)20-23-19(24-29-20)14-4-6-22-7-5-14/h2-7,10,17H,8-9,11-12H2,1H3. The lowest BCUT2D eigenvalue weighted by Gasteiger charge is -2.31. The van der Waals surface area contributed by atoms with Gasteiger partial charge >= 0.3 is 0 Å². The number of hydrogen-bond acceptors (Lipinski definition) is 7. The van der Waals surface area contributed by atoms with Crippen LogP contribution in [0.15, 0.2) is 47.2 Å². The molecule has 29 heavy (non-hydrogen) atoms. The summed E-state index contributed by atoms with van der Waals surface area (Å²) in [5.74, 6) is 1.25. The molecule has 3 heterocycles. The first-order valence-electron chi connectivity index (χ1n) is 9.12. The average Bonchev–Trinajstić information content (AvgIpc) is 3.25. The molecule has 3 aromatic rings. The number of aryl methyl sites for hydroxylation is 1. The van der Waals surface area contributed by atoms with Crippen LogP contribution in [-0.4, -0.2) is 52.2 Å². The van der Waals surface area contributed by atoms with Crippen molar-refractivity contribution < 1.29 is 18.8 Å². The molecular formula is C20H19ClN4O4. The number of benzene rings is 1. The minimum atomic E-state index is -0.478. The molecule has 0 aliphatic carbocycles. The maximum absolute atomic E-state index is 12.6. The van der Waals surface area contributed by atoms with Crippen LogP contribution in [-0.2, 0) is 9.53 Å². The third kappa shape index (κ3) is 4.55. The van der Waals surface area contributed by atoms with E-state index in [1.54, 1.807) is 47.6 Å². The Morgan fingerprint density at radius 2 is 2.14 bits per heavy atom. The fraction of sp³-hybridized carbons (Fsp3) is 0.300. The van der Waals surface area contributed by atoms with Crippen LogP contribution in [0.5, 0.6) is 5.75 Å². The van der Waals surface area contributed by atoms with Crippen LogP contribution in [0.2, 0.25) is 5.02 Å². The van der Waals surface area contributed by atoms with Crippen molar-refractivity contribution in [3.63, 3.8) is 0 Å². The number of halogens is 1. The number of ether oxygens (including phenoxy) is 2. The lowest BCUT2D eigenvalue weighted by atomic mass is 10.2. The first kappa shape index (κ1) is 19.4. The Hall–Kier alpha value is -2.97. The largest absolute Gasteiger partial charge is 0.484 e. The molecular weight excluding hydrogens is 396 g/mol. The van der Waals surface area contributed by atoms with Crippen molar-refractivity contribution in [1.29, 1.82) is 0 Å². The SMILES string of the molecule is Cc1cc(OCC(=O)N2CCOC(c3nc(-c4ccncc4)no3)C2)ccc1Cl. The first-order valence-corrected chi connectivity index (χ1v) is 9.50. The number of amides is 1. The summed E-state index contributed by atoms with van der Waals surface area (Å²) in [5, 5.41) is 4.65. The fourth-order valence-electron chi connectivity index (χ4n) is 2.95. The molecule has 8 nitrogen and oxygen atoms in total. The summed E-state index contributed by atoms with van der Waals surface area (Å²) in [5.41, 5.74) is 1.69. The van der Waals surface area contributed by atoms with Gasteiger partial charge in [0.25, 0.3) is 11.8 Å². The number of carbonyl (C=O) groups excluding carboxylic acids is 1. The van der Waals surface area contributed by atoms with Crippen LogP contribution in [0.1, 0.15) is 17.6 Å². The third-order valence-corrected chi connectivity index (χ3v) is 4.99. The molecule has 1 amide bonds. The molecule has 2 aromatic heterocycles. The highest BCUT2D eigenvalue weighted by Gasteiger charge is 2.29. The van der Waals surface area contributed by atoms with Gasteiger partial charge in [0.05, 0.1) is 13.2 Å². The smallest absolute Gasteiger partial charge is 0.260 e. The summed E-state index contributed by atoms with van der Waals surface area (Å²) in [6.07, 6.45) is 2.84. The lowest BCUT2D eigenvalue weighted by molar-refractivity contribution is -0.142. The molecule has 0 spiro atoms. The number of rotatable bonds is 5. The van der Waals surface area contributed by atoms with Crippen LogP contribution < -0.4 is 4.74 Å². The number of carbonyl (C=O) groups is 1. The van der Waals surface area contributed by atoms with Gasteiger partial charge in [-0.2, -0.15) is 4.98 Å². The number of pyridine rings is 1. The lowest BCUT2D eigenvalue weighted by Crippen LogP contribution is -2.44. The van der Waals surface area contributed by atoms with Gasteiger partial charge in [0, 0.05) is 29.5 Å². The molecule has 1 aromatic carbocycles. The van der Waals surface area contributed by atoms with Crippen molar-refractivity contribution >= 4 is 17.5 Å². The van der Waals surface area contributed by atoms with Gasteiger partial charge in [-0.3, -0.25) is 9.78 Å². The zero-order chi connectivity index (χ0) is 20.2. The third-order valence-electron chi connectivity index (χ3n) is 4.57. The van der Waals surface area contributed by atoms with Crippen molar-refractivity contribution in [2.75, 3.05) is 26.3 Å². The van der Waals surface area contributed by atoms with E-state index in [0.29, 0.717) is 42.2 Å². The molecule has 150 valence electrons. The molecule has 0 saturated carbocycles. The van der Waals surface area contributed by atoms with E-state index < -0.39 is 6.10 Å². The number of morpholine rings is 1. The van der Waals surface area contributed by atoms with Crippen LogP contribution in [0.4, 0.5) is 0 Å². The zero-order valence-electron chi connectivity index (χ0n) is 15.7. The predicted molar refractivity (Wildman–Crippen MR) is 104 cm³/mol. The van der Waals surface area contributed by atoms with Gasteiger partial charge in [0.1, 0.15) is 5.75 Å². The molecule has 0 radical (unpaired) electrons. The molecule has 1 atom stereocenters. The zero-order valence-corrected chi connectivity index (χ0v) is 16.5. The second-order valence-electron chi connectivity index (χ2n) is 6.59. The molecule has 9 heteroatoms. The predicted octanol–water partition coefficient (Wildman–Crippen LogP) is 3.07. The van der Waals surface area contributed by atoms with Gasteiger partial charge in [-0.25, -0.2) is 0 Å². The Morgan fingerprint density at radius 3 is 2.93 bits per heavy atom. The Balaban J connectivity index is 1.37. The Kier molecular flexibility index (Phi) is 5.73. The van der Waals surface area contributed by atoms with Crippen LogP contribution in [0.25, 0.3) is 11.4 Å². The van der Waals surface area contributed by atoms with Gasteiger partial charge in [0.15, 0.2) is 12.7 Å². The highest BCUT2D eigenvalue weighted by molar-refractivity contribution is 6.31. The highest BCUT2D eigenvalue weighted by Crippen LogP contribution is 2.24. The summed E-state index contributed by atoms with van der Waals surface area (Å²) in [6, 6.07) is 8.88. The van der Waals surface area contributed by atoms with Crippen LogP contribution >= 0.6 is 11.6 Å². The second-order valence-corrected chi connectivity index (χ2v) is 7.00. The Labute approximate surface area is 172 Å². The maximum Gasteiger partial charge on any atom is 0.260 e. The quantitative estimate of drug-likeness (QED) is 0.633. The van der Waals surface area contributed by atoms with Crippen molar-refractivity contribution in [3.05, 3.63) is 59.2 Å². The normalized spacial score (nSPS) is 16.6. The topological polar surface area (TPSA) is 90.6 Å². The van der Waals surface area contributed by atoms with E-state index in [4.69, 9.17) is 25.6 Å². The summed E-state index contributed by atoms with van der Waals surface area (Å²) in [4.78, 5) is 22.6. The number of nitrogens with zero attached hydrogens (tertiary/aromatic N) is 4. The minimum absolute atomic E-state index is 0.0696. The molecule has 4 rings (SSSR count). The molecule has 1 unspecified atom stereocenters. The van der Waals surface area contributed by atoms with Gasteiger partial charge < -0.3 is 18.9 Å². The molecule has 1 aliphatic heterocycles. The summed E-state index contributed by atoms with van der Waals surface area (Å²) in [6.45, 7) is 2.99. The van der Waals surface area contributed by atoms with Crippen molar-refractivity contribution in [2.45, 2.75) is 13.0 Å². The maximum atomic E-state index is 12.6. The van der Waals surface area contributed by atoms with E-state index in [1.807, 2.05) is 6.92 Å². The first-order chi connectivity index (χ1) is 14.1. The average molecular weight is 415 g/mol. The van der Waals surface area contributed by atoms with E-state index in [2.05, 4.69) is 15.1 Å². The Bertz CT molecular complexity index is 995. The fourth-order valence-corrected chi connectivity index (χ4v) is 3.07. The van der Waals surface area contributed by atoms with E-state index in [-0.39, 0.29) is 12.5 Å². The molecule has 0 bridgehead atoms. The minimum Gasteiger partial charge on any atom is -0.484 e. The van der Waals surface area contributed by atoms with Gasteiger partial charge in [-0.15, -0.1) is 0 Å². The van der Waals surface area contributed by atoms with Crippen LogP contribution in [0, 0.1) is 6.92 Å². The molecule has 1 saturated heterocycles. The van der Waals surface area contributed by atoms with E-state index >= 15 is 0 Å². The highest BCUT2D eigenvalue weighted by atomic mass is 35.5. The van der Waals surface area contributed by atoms with E-state index in [9.17, 15) is 4.79 Å². The Morgan fingerprint density at radius 1 is 1.31 bits per heavy atom. The molecule has 1 aliphatic rings.